The number of hydrogen-bond acceptors (Lipinski definition) is 3. The number of aliphatic hydroxyl groups excluding tert-OH is 1. The van der Waals surface area contributed by atoms with Crippen molar-refractivity contribution >= 4 is 33.3 Å². The number of fused-ring (bicyclic) bond motifs is 1. The normalized spacial score (nSPS) is 21.0. The molecular formula is C14H12BrClF3N3O. The van der Waals surface area contributed by atoms with E-state index in [1.165, 1.54) is 0 Å². The zero-order valence-electron chi connectivity index (χ0n) is 11.6. The van der Waals surface area contributed by atoms with Gasteiger partial charge in [-0.25, -0.2) is 4.68 Å². The standard InChI is InChI=1S/C14H12BrClF3N3O/c15-8-3-1-7(2-4-8)9-5-11(14(17,18)19)22-13(20-9)12(16)10(6-23)21-22/h1-4,9,11,20,23H,5-6H2. The van der Waals surface area contributed by atoms with E-state index in [-0.39, 0.29) is 23.0 Å². The molecule has 3 rings (SSSR count). The summed E-state index contributed by atoms with van der Waals surface area (Å²) in [5, 5.41) is 16.0. The fraction of sp³-hybridized carbons (Fsp3) is 0.357. The highest BCUT2D eigenvalue weighted by Crippen LogP contribution is 2.46. The van der Waals surface area contributed by atoms with Crippen LogP contribution >= 0.6 is 27.5 Å². The summed E-state index contributed by atoms with van der Waals surface area (Å²) < 4.78 is 41.9. The predicted octanol–water partition coefficient (Wildman–Crippen LogP) is 4.45. The van der Waals surface area contributed by atoms with Crippen LogP contribution in [0, 0.1) is 0 Å². The highest BCUT2D eigenvalue weighted by Gasteiger charge is 2.47. The third kappa shape index (κ3) is 3.07. The van der Waals surface area contributed by atoms with Crippen LogP contribution in [0.25, 0.3) is 0 Å². The Morgan fingerprint density at radius 3 is 2.57 bits per heavy atom. The number of benzene rings is 1. The monoisotopic (exact) mass is 409 g/mol. The van der Waals surface area contributed by atoms with E-state index in [2.05, 4.69) is 26.3 Å². The number of nitrogens with one attached hydrogen (secondary N) is 1. The lowest BCUT2D eigenvalue weighted by Gasteiger charge is -2.33. The van der Waals surface area contributed by atoms with Crippen molar-refractivity contribution in [2.75, 3.05) is 5.32 Å². The summed E-state index contributed by atoms with van der Waals surface area (Å²) in [6.07, 6.45) is -4.67. The van der Waals surface area contributed by atoms with Crippen molar-refractivity contribution in [1.82, 2.24) is 9.78 Å². The topological polar surface area (TPSA) is 50.1 Å². The van der Waals surface area contributed by atoms with E-state index in [1.807, 2.05) is 0 Å². The molecule has 2 heterocycles. The zero-order chi connectivity index (χ0) is 16.8. The maximum absolute atomic E-state index is 13.4. The Hall–Kier alpha value is -1.25. The molecular weight excluding hydrogens is 399 g/mol. The number of halogens is 5. The molecule has 2 unspecified atom stereocenters. The second kappa shape index (κ2) is 5.99. The van der Waals surface area contributed by atoms with Gasteiger partial charge in [0.2, 0.25) is 0 Å². The molecule has 1 aromatic carbocycles. The Morgan fingerprint density at radius 2 is 2.00 bits per heavy atom. The molecule has 0 radical (unpaired) electrons. The summed E-state index contributed by atoms with van der Waals surface area (Å²) in [6.45, 7) is -0.520. The fourth-order valence-corrected chi connectivity index (χ4v) is 3.15. The van der Waals surface area contributed by atoms with Crippen LogP contribution in [-0.2, 0) is 6.61 Å². The molecule has 2 aromatic rings. The van der Waals surface area contributed by atoms with Crippen molar-refractivity contribution in [3.8, 4) is 0 Å². The van der Waals surface area contributed by atoms with Crippen molar-refractivity contribution in [2.45, 2.75) is 31.3 Å². The molecule has 1 aromatic heterocycles. The number of aliphatic hydroxyl groups is 1. The summed E-state index contributed by atoms with van der Waals surface area (Å²) in [6, 6.07) is 4.69. The van der Waals surface area contributed by atoms with Gasteiger partial charge in [-0.3, -0.25) is 0 Å². The third-order valence-corrected chi connectivity index (χ3v) is 4.71. The Kier molecular flexibility index (Phi) is 4.33. The number of alkyl halides is 3. The van der Waals surface area contributed by atoms with Crippen molar-refractivity contribution in [3.05, 3.63) is 45.0 Å². The molecule has 1 aliphatic rings. The number of anilines is 1. The number of aromatic nitrogens is 2. The first-order valence-electron chi connectivity index (χ1n) is 6.77. The molecule has 9 heteroatoms. The molecule has 0 fully saturated rings. The summed E-state index contributed by atoms with van der Waals surface area (Å²) in [4.78, 5) is 0. The summed E-state index contributed by atoms with van der Waals surface area (Å²) in [5.41, 5.74) is 0.747. The molecule has 0 bridgehead atoms. The molecule has 2 atom stereocenters. The SMILES string of the molecule is OCc1nn2c(c1Cl)NC(c1ccc(Br)cc1)CC2C(F)(F)F. The Balaban J connectivity index is 2.04. The van der Waals surface area contributed by atoms with Crippen LogP contribution in [0.1, 0.15) is 29.8 Å². The smallest absolute Gasteiger partial charge is 0.390 e. The molecule has 124 valence electrons. The maximum Gasteiger partial charge on any atom is 0.410 e. The number of rotatable bonds is 2. The molecule has 0 saturated carbocycles. The zero-order valence-corrected chi connectivity index (χ0v) is 14.0. The van der Waals surface area contributed by atoms with Crippen molar-refractivity contribution in [1.29, 1.82) is 0 Å². The van der Waals surface area contributed by atoms with Gasteiger partial charge < -0.3 is 10.4 Å². The average molecular weight is 411 g/mol. The number of nitrogens with zero attached hydrogens (tertiary/aromatic N) is 2. The van der Waals surface area contributed by atoms with Gasteiger partial charge in [0.05, 0.1) is 12.6 Å². The van der Waals surface area contributed by atoms with Gasteiger partial charge in [-0.15, -0.1) is 0 Å². The van der Waals surface area contributed by atoms with E-state index in [0.717, 1.165) is 14.7 Å². The van der Waals surface area contributed by atoms with E-state index in [9.17, 15) is 18.3 Å². The van der Waals surface area contributed by atoms with E-state index < -0.39 is 24.9 Å². The minimum Gasteiger partial charge on any atom is -0.390 e. The second-order valence-corrected chi connectivity index (χ2v) is 6.55. The lowest BCUT2D eigenvalue weighted by atomic mass is 9.97. The Labute approximate surface area is 143 Å². The second-order valence-electron chi connectivity index (χ2n) is 5.25. The Morgan fingerprint density at radius 1 is 1.35 bits per heavy atom. The van der Waals surface area contributed by atoms with Gasteiger partial charge in [-0.05, 0) is 17.7 Å². The van der Waals surface area contributed by atoms with E-state index >= 15 is 0 Å². The van der Waals surface area contributed by atoms with Gasteiger partial charge >= 0.3 is 6.18 Å². The minimum atomic E-state index is -4.47. The van der Waals surface area contributed by atoms with Crippen molar-refractivity contribution in [2.24, 2.45) is 0 Å². The molecule has 4 nitrogen and oxygen atoms in total. The number of hydrogen-bond donors (Lipinski definition) is 2. The lowest BCUT2D eigenvalue weighted by molar-refractivity contribution is -0.173. The van der Waals surface area contributed by atoms with Crippen LogP contribution in [-0.4, -0.2) is 21.1 Å². The molecule has 0 saturated heterocycles. The molecule has 2 N–H and O–H groups in total. The molecule has 0 aliphatic carbocycles. The van der Waals surface area contributed by atoms with Crippen LogP contribution < -0.4 is 5.32 Å². The largest absolute Gasteiger partial charge is 0.410 e. The Bertz CT molecular complexity index is 717. The van der Waals surface area contributed by atoms with E-state index in [0.29, 0.717) is 0 Å². The summed E-state index contributed by atoms with van der Waals surface area (Å²) >= 11 is 9.35. The summed E-state index contributed by atoms with van der Waals surface area (Å²) in [7, 11) is 0. The van der Waals surface area contributed by atoms with Gasteiger partial charge in [0.1, 0.15) is 16.5 Å². The molecule has 0 spiro atoms. The van der Waals surface area contributed by atoms with Gasteiger partial charge in [0.25, 0.3) is 0 Å². The highest BCUT2D eigenvalue weighted by atomic mass is 79.9. The van der Waals surface area contributed by atoms with Gasteiger partial charge in [-0.2, -0.15) is 18.3 Å². The van der Waals surface area contributed by atoms with Gasteiger partial charge in [-0.1, -0.05) is 39.7 Å². The van der Waals surface area contributed by atoms with Gasteiger partial charge in [0.15, 0.2) is 6.04 Å². The predicted molar refractivity (Wildman–Crippen MR) is 83.4 cm³/mol. The van der Waals surface area contributed by atoms with Crippen LogP contribution in [0.5, 0.6) is 0 Å². The lowest BCUT2D eigenvalue weighted by Crippen LogP contribution is -2.35. The first-order valence-corrected chi connectivity index (χ1v) is 7.94. The van der Waals surface area contributed by atoms with Crippen LogP contribution in [0.2, 0.25) is 5.02 Å². The van der Waals surface area contributed by atoms with Gasteiger partial charge in [0, 0.05) is 10.9 Å². The molecule has 1 aliphatic heterocycles. The summed E-state index contributed by atoms with van der Waals surface area (Å²) in [5.74, 6) is 0.0808. The van der Waals surface area contributed by atoms with Crippen molar-refractivity contribution in [3.63, 3.8) is 0 Å². The first-order chi connectivity index (χ1) is 10.8. The maximum atomic E-state index is 13.4. The molecule has 0 amide bonds. The fourth-order valence-electron chi connectivity index (χ4n) is 2.65. The van der Waals surface area contributed by atoms with Crippen LogP contribution in [0.3, 0.4) is 0 Å². The van der Waals surface area contributed by atoms with Crippen LogP contribution in [0.4, 0.5) is 19.0 Å². The third-order valence-electron chi connectivity index (χ3n) is 3.78. The minimum absolute atomic E-state index is 0.0172. The first kappa shape index (κ1) is 16.6. The van der Waals surface area contributed by atoms with E-state index in [1.54, 1.807) is 24.3 Å². The van der Waals surface area contributed by atoms with Crippen molar-refractivity contribution < 1.29 is 18.3 Å². The van der Waals surface area contributed by atoms with Crippen LogP contribution in [0.15, 0.2) is 28.7 Å². The quantitative estimate of drug-likeness (QED) is 0.769. The molecule has 23 heavy (non-hydrogen) atoms. The highest BCUT2D eigenvalue weighted by molar-refractivity contribution is 9.10. The van der Waals surface area contributed by atoms with E-state index in [4.69, 9.17) is 11.6 Å². The average Bonchev–Trinajstić information content (AvgIpc) is 2.82.